The second-order valence-electron chi connectivity index (χ2n) is 5.51. The van der Waals surface area contributed by atoms with Crippen molar-refractivity contribution in [2.45, 2.75) is 52.6 Å². The van der Waals surface area contributed by atoms with Crippen LogP contribution in [0.1, 0.15) is 41.0 Å². The molecule has 1 N–H and O–H groups in total. The number of nitrogens with zero attached hydrogens (tertiary/aromatic N) is 1. The Morgan fingerprint density at radius 1 is 1.50 bits per heavy atom. The average Bonchev–Trinajstić information content (AvgIpc) is 2.12. The van der Waals surface area contributed by atoms with Gasteiger partial charge in [0.25, 0.3) is 0 Å². The van der Waals surface area contributed by atoms with Crippen LogP contribution in [0.4, 0.5) is 0 Å². The molecule has 1 aliphatic rings. The van der Waals surface area contributed by atoms with E-state index in [9.17, 15) is 0 Å². The summed E-state index contributed by atoms with van der Waals surface area (Å²) in [6.45, 7) is 15.1. The van der Waals surface area contributed by atoms with E-state index in [1.54, 1.807) is 0 Å². The number of rotatable bonds is 3. The first-order valence-corrected chi connectivity index (χ1v) is 5.94. The SMILES string of the molecule is CCC(C)CN1CC(C)NCC1(C)C. The molecule has 0 amide bonds. The minimum atomic E-state index is 0.329. The summed E-state index contributed by atoms with van der Waals surface area (Å²) in [5.41, 5.74) is 0.329. The van der Waals surface area contributed by atoms with Crippen LogP contribution in [0.5, 0.6) is 0 Å². The van der Waals surface area contributed by atoms with E-state index in [0.29, 0.717) is 11.6 Å². The molecule has 0 aromatic rings. The molecular weight excluding hydrogens is 172 g/mol. The number of nitrogens with one attached hydrogen (secondary N) is 1. The van der Waals surface area contributed by atoms with Crippen molar-refractivity contribution in [3.8, 4) is 0 Å². The quantitative estimate of drug-likeness (QED) is 0.747. The van der Waals surface area contributed by atoms with Crippen LogP contribution in [0.2, 0.25) is 0 Å². The number of piperazine rings is 1. The van der Waals surface area contributed by atoms with Gasteiger partial charge < -0.3 is 5.32 Å². The van der Waals surface area contributed by atoms with Gasteiger partial charge in [0.15, 0.2) is 0 Å². The van der Waals surface area contributed by atoms with Crippen molar-refractivity contribution in [1.29, 1.82) is 0 Å². The molecule has 1 heterocycles. The molecule has 1 rings (SSSR count). The lowest BCUT2D eigenvalue weighted by Crippen LogP contribution is -2.61. The van der Waals surface area contributed by atoms with Crippen LogP contribution in [-0.2, 0) is 0 Å². The molecule has 0 aromatic heterocycles. The van der Waals surface area contributed by atoms with Crippen molar-refractivity contribution in [2.75, 3.05) is 19.6 Å². The van der Waals surface area contributed by atoms with Crippen molar-refractivity contribution in [3.63, 3.8) is 0 Å². The number of hydrogen-bond donors (Lipinski definition) is 1. The summed E-state index contributed by atoms with van der Waals surface area (Å²) in [5, 5.41) is 3.55. The third kappa shape index (κ3) is 2.96. The van der Waals surface area contributed by atoms with Crippen LogP contribution in [-0.4, -0.2) is 36.1 Å². The summed E-state index contributed by atoms with van der Waals surface area (Å²) in [7, 11) is 0. The fourth-order valence-electron chi connectivity index (χ4n) is 2.01. The second kappa shape index (κ2) is 4.63. The van der Waals surface area contributed by atoms with Gasteiger partial charge in [-0.2, -0.15) is 0 Å². The molecule has 0 saturated carbocycles. The summed E-state index contributed by atoms with van der Waals surface area (Å²) < 4.78 is 0. The van der Waals surface area contributed by atoms with Crippen molar-refractivity contribution in [3.05, 3.63) is 0 Å². The van der Waals surface area contributed by atoms with Gasteiger partial charge in [0.1, 0.15) is 0 Å². The van der Waals surface area contributed by atoms with Crippen molar-refractivity contribution in [1.82, 2.24) is 10.2 Å². The Kier molecular flexibility index (Phi) is 3.96. The first-order chi connectivity index (χ1) is 6.45. The van der Waals surface area contributed by atoms with E-state index < -0.39 is 0 Å². The maximum atomic E-state index is 3.55. The van der Waals surface area contributed by atoms with Gasteiger partial charge in [0, 0.05) is 31.2 Å². The summed E-state index contributed by atoms with van der Waals surface area (Å²) in [6, 6.07) is 0.645. The Morgan fingerprint density at radius 3 is 2.71 bits per heavy atom. The normalized spacial score (nSPS) is 30.2. The van der Waals surface area contributed by atoms with Crippen molar-refractivity contribution < 1.29 is 0 Å². The van der Waals surface area contributed by atoms with E-state index >= 15 is 0 Å². The first kappa shape index (κ1) is 12.0. The van der Waals surface area contributed by atoms with Crippen LogP contribution in [0.25, 0.3) is 0 Å². The van der Waals surface area contributed by atoms with Crippen molar-refractivity contribution >= 4 is 0 Å². The monoisotopic (exact) mass is 198 g/mol. The van der Waals surface area contributed by atoms with Crippen LogP contribution in [0.15, 0.2) is 0 Å². The van der Waals surface area contributed by atoms with Crippen LogP contribution in [0.3, 0.4) is 0 Å². The third-order valence-electron chi connectivity index (χ3n) is 3.46. The second-order valence-corrected chi connectivity index (χ2v) is 5.51. The summed E-state index contributed by atoms with van der Waals surface area (Å²) in [6.07, 6.45) is 1.29. The smallest absolute Gasteiger partial charge is 0.0278 e. The lowest BCUT2D eigenvalue weighted by atomic mass is 9.95. The molecule has 2 atom stereocenters. The molecule has 0 aromatic carbocycles. The molecule has 1 fully saturated rings. The van der Waals surface area contributed by atoms with Crippen LogP contribution >= 0.6 is 0 Å². The van der Waals surface area contributed by atoms with Gasteiger partial charge in [-0.3, -0.25) is 4.90 Å². The highest BCUT2D eigenvalue weighted by Crippen LogP contribution is 2.20. The Morgan fingerprint density at radius 2 is 2.14 bits per heavy atom. The number of hydrogen-bond acceptors (Lipinski definition) is 2. The van der Waals surface area contributed by atoms with E-state index in [-0.39, 0.29) is 0 Å². The summed E-state index contributed by atoms with van der Waals surface area (Å²) in [4.78, 5) is 2.64. The van der Waals surface area contributed by atoms with Gasteiger partial charge in [-0.15, -0.1) is 0 Å². The van der Waals surface area contributed by atoms with E-state index in [1.807, 2.05) is 0 Å². The minimum absolute atomic E-state index is 0.329. The largest absolute Gasteiger partial charge is 0.311 e. The molecule has 2 heteroatoms. The highest BCUT2D eigenvalue weighted by atomic mass is 15.3. The molecule has 1 aliphatic heterocycles. The van der Waals surface area contributed by atoms with Crippen LogP contribution < -0.4 is 5.32 Å². The lowest BCUT2D eigenvalue weighted by Gasteiger charge is -2.46. The zero-order valence-corrected chi connectivity index (χ0v) is 10.4. The molecule has 0 radical (unpaired) electrons. The molecule has 0 bridgehead atoms. The topological polar surface area (TPSA) is 15.3 Å². The molecule has 0 spiro atoms. The molecule has 2 nitrogen and oxygen atoms in total. The summed E-state index contributed by atoms with van der Waals surface area (Å²) in [5.74, 6) is 0.819. The molecule has 0 aliphatic carbocycles. The van der Waals surface area contributed by atoms with Crippen molar-refractivity contribution in [2.24, 2.45) is 5.92 Å². The standard InChI is InChI=1S/C12H26N2/c1-6-10(2)7-14-8-11(3)13-9-12(14,4)5/h10-11,13H,6-9H2,1-5H3. The first-order valence-electron chi connectivity index (χ1n) is 5.94. The zero-order chi connectivity index (χ0) is 10.8. The van der Waals surface area contributed by atoms with E-state index in [4.69, 9.17) is 0 Å². The van der Waals surface area contributed by atoms with E-state index in [0.717, 1.165) is 12.5 Å². The fourth-order valence-corrected chi connectivity index (χ4v) is 2.01. The lowest BCUT2D eigenvalue weighted by molar-refractivity contribution is 0.0561. The Labute approximate surface area is 89.1 Å². The van der Waals surface area contributed by atoms with Gasteiger partial charge in [0.2, 0.25) is 0 Å². The van der Waals surface area contributed by atoms with E-state index in [1.165, 1.54) is 19.5 Å². The highest BCUT2D eigenvalue weighted by molar-refractivity contribution is 4.91. The highest BCUT2D eigenvalue weighted by Gasteiger charge is 2.32. The van der Waals surface area contributed by atoms with Gasteiger partial charge in [-0.1, -0.05) is 20.3 Å². The Bertz CT molecular complexity index is 177. The molecule has 1 saturated heterocycles. The van der Waals surface area contributed by atoms with Gasteiger partial charge >= 0.3 is 0 Å². The zero-order valence-electron chi connectivity index (χ0n) is 10.4. The predicted octanol–water partition coefficient (Wildman–Crippen LogP) is 2.10. The maximum absolute atomic E-state index is 3.55. The Hall–Kier alpha value is -0.0800. The average molecular weight is 198 g/mol. The van der Waals surface area contributed by atoms with Gasteiger partial charge in [-0.05, 0) is 26.7 Å². The molecule has 14 heavy (non-hydrogen) atoms. The molecular formula is C12H26N2. The van der Waals surface area contributed by atoms with Crippen LogP contribution in [0, 0.1) is 5.92 Å². The third-order valence-corrected chi connectivity index (χ3v) is 3.46. The molecule has 2 unspecified atom stereocenters. The Balaban J connectivity index is 2.54. The maximum Gasteiger partial charge on any atom is 0.0278 e. The van der Waals surface area contributed by atoms with Gasteiger partial charge in [0.05, 0.1) is 0 Å². The van der Waals surface area contributed by atoms with Gasteiger partial charge in [-0.25, -0.2) is 0 Å². The summed E-state index contributed by atoms with van der Waals surface area (Å²) >= 11 is 0. The molecule has 84 valence electrons. The van der Waals surface area contributed by atoms with E-state index in [2.05, 4.69) is 44.8 Å². The predicted molar refractivity (Wildman–Crippen MR) is 62.6 cm³/mol. The minimum Gasteiger partial charge on any atom is -0.311 e. The fraction of sp³-hybridized carbons (Fsp3) is 1.00.